The molecule has 1 amide bonds. The van der Waals surface area contributed by atoms with E-state index in [1.54, 1.807) is 25.2 Å². The lowest BCUT2D eigenvalue weighted by atomic mass is 9.99. The number of nitrogens with zero attached hydrogens (tertiary/aromatic N) is 1. The minimum Gasteiger partial charge on any atom is -0.450 e. The molecule has 0 saturated carbocycles. The first-order valence-corrected chi connectivity index (χ1v) is 7.54. The monoisotopic (exact) mass is 325 g/mol. The summed E-state index contributed by atoms with van der Waals surface area (Å²) in [6, 6.07) is 13.8. The summed E-state index contributed by atoms with van der Waals surface area (Å²) >= 11 is 5.99. The number of amides is 1. The number of rotatable bonds is 1. The molecule has 2 aromatic carbocycles. The Morgan fingerprint density at radius 1 is 1.09 bits per heavy atom. The van der Waals surface area contributed by atoms with Gasteiger partial charge in [-0.3, -0.25) is 9.59 Å². The van der Waals surface area contributed by atoms with Crippen LogP contribution < -0.4 is 5.43 Å². The minimum atomic E-state index is -0.446. The van der Waals surface area contributed by atoms with Crippen LogP contribution in [0.15, 0.2) is 57.7 Å². The zero-order valence-electron chi connectivity index (χ0n) is 12.2. The van der Waals surface area contributed by atoms with Gasteiger partial charge in [0, 0.05) is 12.1 Å². The van der Waals surface area contributed by atoms with E-state index in [0.29, 0.717) is 21.6 Å². The van der Waals surface area contributed by atoms with Gasteiger partial charge in [0.25, 0.3) is 5.91 Å². The molecule has 0 aliphatic carbocycles. The Hall–Kier alpha value is -2.59. The van der Waals surface area contributed by atoms with Crippen LogP contribution in [0.5, 0.6) is 0 Å². The summed E-state index contributed by atoms with van der Waals surface area (Å²) < 4.78 is 5.72. The second-order valence-corrected chi connectivity index (χ2v) is 5.98. The van der Waals surface area contributed by atoms with Gasteiger partial charge in [-0.05, 0) is 23.8 Å². The van der Waals surface area contributed by atoms with Crippen LogP contribution >= 0.6 is 11.6 Å². The number of hydrogen-bond acceptors (Lipinski definition) is 3. The van der Waals surface area contributed by atoms with Gasteiger partial charge in [-0.2, -0.15) is 0 Å². The molecule has 23 heavy (non-hydrogen) atoms. The Morgan fingerprint density at radius 2 is 1.83 bits per heavy atom. The molecule has 0 unspecified atom stereocenters. The highest BCUT2D eigenvalue weighted by Crippen LogP contribution is 2.36. The Morgan fingerprint density at radius 3 is 2.57 bits per heavy atom. The molecule has 0 spiro atoms. The first kappa shape index (κ1) is 14.0. The number of carbonyl (C=O) groups is 1. The molecule has 0 N–H and O–H groups in total. The fourth-order valence-electron chi connectivity index (χ4n) is 3.09. The van der Waals surface area contributed by atoms with Crippen LogP contribution in [0.25, 0.3) is 11.0 Å². The van der Waals surface area contributed by atoms with Crippen LogP contribution in [0, 0.1) is 0 Å². The second kappa shape index (κ2) is 4.96. The highest BCUT2D eigenvalue weighted by Gasteiger charge is 2.40. The molecule has 0 saturated heterocycles. The van der Waals surface area contributed by atoms with Crippen molar-refractivity contribution in [1.29, 1.82) is 0 Å². The maximum Gasteiger partial charge on any atom is 0.290 e. The molecule has 5 heteroatoms. The molecule has 3 aromatic rings. The lowest BCUT2D eigenvalue weighted by Crippen LogP contribution is -2.25. The molecule has 2 heterocycles. The van der Waals surface area contributed by atoms with E-state index in [1.165, 1.54) is 4.90 Å². The zero-order valence-corrected chi connectivity index (χ0v) is 13.0. The van der Waals surface area contributed by atoms with Crippen LogP contribution in [0.2, 0.25) is 5.02 Å². The SMILES string of the molecule is CN1C(=O)c2oc3ccc(Cl)cc3c(=O)c2[C@H]1c1ccccc1. The van der Waals surface area contributed by atoms with E-state index in [2.05, 4.69) is 0 Å². The predicted octanol–water partition coefficient (Wildman–Crippen LogP) is 3.62. The number of hydrogen-bond donors (Lipinski definition) is 0. The van der Waals surface area contributed by atoms with Gasteiger partial charge in [-0.25, -0.2) is 0 Å². The molecule has 1 aromatic heterocycles. The van der Waals surface area contributed by atoms with Crippen molar-refractivity contribution in [2.24, 2.45) is 0 Å². The smallest absolute Gasteiger partial charge is 0.290 e. The minimum absolute atomic E-state index is 0.112. The summed E-state index contributed by atoms with van der Waals surface area (Å²) in [5.41, 5.74) is 1.40. The summed E-state index contributed by atoms with van der Waals surface area (Å²) in [5.74, 6) is -0.177. The first-order chi connectivity index (χ1) is 11.1. The number of fused-ring (bicyclic) bond motifs is 2. The molecular weight excluding hydrogens is 314 g/mol. The third kappa shape index (κ3) is 1.99. The van der Waals surface area contributed by atoms with Crippen molar-refractivity contribution >= 4 is 28.5 Å². The number of halogens is 1. The zero-order chi connectivity index (χ0) is 16.1. The number of carbonyl (C=O) groups excluding carboxylic acids is 1. The Labute approximate surface area is 136 Å². The lowest BCUT2D eigenvalue weighted by Gasteiger charge is -2.20. The highest BCUT2D eigenvalue weighted by atomic mass is 35.5. The Bertz CT molecular complexity index is 994. The van der Waals surface area contributed by atoms with Crippen molar-refractivity contribution in [2.45, 2.75) is 6.04 Å². The Balaban J connectivity index is 2.06. The highest BCUT2D eigenvalue weighted by molar-refractivity contribution is 6.31. The normalized spacial score (nSPS) is 16.9. The van der Waals surface area contributed by atoms with Crippen LogP contribution in [0.3, 0.4) is 0 Å². The van der Waals surface area contributed by atoms with Gasteiger partial charge in [0.05, 0.1) is 17.0 Å². The molecule has 4 rings (SSSR count). The van der Waals surface area contributed by atoms with Gasteiger partial charge in [0.2, 0.25) is 5.76 Å². The predicted molar refractivity (Wildman–Crippen MR) is 87.9 cm³/mol. The van der Waals surface area contributed by atoms with Gasteiger partial charge in [0.15, 0.2) is 5.43 Å². The van der Waals surface area contributed by atoms with Crippen molar-refractivity contribution in [3.8, 4) is 0 Å². The Kier molecular flexibility index (Phi) is 3.03. The van der Waals surface area contributed by atoms with Crippen molar-refractivity contribution in [2.75, 3.05) is 7.05 Å². The quantitative estimate of drug-likeness (QED) is 0.686. The molecule has 1 aliphatic rings. The van der Waals surface area contributed by atoms with E-state index in [-0.39, 0.29) is 17.1 Å². The number of benzene rings is 2. The van der Waals surface area contributed by atoms with E-state index in [0.717, 1.165) is 5.56 Å². The van der Waals surface area contributed by atoms with E-state index in [9.17, 15) is 9.59 Å². The standard InChI is InChI=1S/C18H12ClNO3/c1-20-15(10-5-3-2-4-6-10)14-16(21)12-9-11(19)7-8-13(12)23-17(14)18(20)22/h2-9,15H,1H3/t15-/m1/s1. The third-order valence-electron chi connectivity index (χ3n) is 4.18. The molecule has 0 fully saturated rings. The van der Waals surface area contributed by atoms with Crippen LogP contribution in [0.1, 0.15) is 27.7 Å². The lowest BCUT2D eigenvalue weighted by molar-refractivity contribution is 0.0771. The summed E-state index contributed by atoms with van der Waals surface area (Å²) in [6.45, 7) is 0. The fourth-order valence-corrected chi connectivity index (χ4v) is 3.26. The van der Waals surface area contributed by atoms with Gasteiger partial charge in [0.1, 0.15) is 5.58 Å². The van der Waals surface area contributed by atoms with Crippen molar-refractivity contribution in [3.05, 3.63) is 80.7 Å². The van der Waals surface area contributed by atoms with Crippen molar-refractivity contribution < 1.29 is 9.21 Å². The molecule has 0 bridgehead atoms. The molecular formula is C18H12ClNO3. The van der Waals surface area contributed by atoms with Gasteiger partial charge in [-0.1, -0.05) is 41.9 Å². The average Bonchev–Trinajstić information content (AvgIpc) is 2.81. The van der Waals surface area contributed by atoms with Crippen molar-refractivity contribution in [1.82, 2.24) is 4.90 Å². The first-order valence-electron chi connectivity index (χ1n) is 7.16. The third-order valence-corrected chi connectivity index (χ3v) is 4.41. The summed E-state index contributed by atoms with van der Waals surface area (Å²) in [4.78, 5) is 27.0. The maximum absolute atomic E-state index is 12.9. The van der Waals surface area contributed by atoms with E-state index >= 15 is 0 Å². The average molecular weight is 326 g/mol. The summed E-state index contributed by atoms with van der Waals surface area (Å²) in [5, 5.41) is 0.846. The second-order valence-electron chi connectivity index (χ2n) is 5.54. The molecule has 1 atom stereocenters. The van der Waals surface area contributed by atoms with Gasteiger partial charge in [-0.15, -0.1) is 0 Å². The molecule has 4 nitrogen and oxygen atoms in total. The van der Waals surface area contributed by atoms with E-state index in [1.807, 2.05) is 30.3 Å². The van der Waals surface area contributed by atoms with Crippen LogP contribution in [0.4, 0.5) is 0 Å². The summed E-state index contributed by atoms with van der Waals surface area (Å²) in [7, 11) is 1.67. The van der Waals surface area contributed by atoms with Gasteiger partial charge < -0.3 is 9.32 Å². The van der Waals surface area contributed by atoms with Crippen molar-refractivity contribution in [3.63, 3.8) is 0 Å². The molecule has 114 valence electrons. The summed E-state index contributed by atoms with van der Waals surface area (Å²) in [6.07, 6.45) is 0. The molecule has 1 aliphatic heterocycles. The maximum atomic E-state index is 12.9. The van der Waals surface area contributed by atoms with Crippen LogP contribution in [-0.4, -0.2) is 17.9 Å². The van der Waals surface area contributed by atoms with E-state index in [4.69, 9.17) is 16.0 Å². The largest absolute Gasteiger partial charge is 0.450 e. The van der Waals surface area contributed by atoms with E-state index < -0.39 is 6.04 Å². The van der Waals surface area contributed by atoms with Gasteiger partial charge >= 0.3 is 0 Å². The topological polar surface area (TPSA) is 50.5 Å². The van der Waals surface area contributed by atoms with Crippen LogP contribution in [-0.2, 0) is 0 Å². The fraction of sp³-hybridized carbons (Fsp3) is 0.111. The molecule has 0 radical (unpaired) electrons.